The molecule has 0 unspecified atom stereocenters. The molecule has 104 valence electrons. The summed E-state index contributed by atoms with van der Waals surface area (Å²) in [7, 11) is -0.943. The van der Waals surface area contributed by atoms with Gasteiger partial charge in [0.05, 0.1) is 5.75 Å². The van der Waals surface area contributed by atoms with Gasteiger partial charge in [-0.25, -0.2) is 18.1 Å². The third-order valence-electron chi connectivity index (χ3n) is 2.12. The van der Waals surface area contributed by atoms with Gasteiger partial charge in [-0.1, -0.05) is 0 Å². The van der Waals surface area contributed by atoms with Crippen LogP contribution >= 0.6 is 0 Å². The molecule has 2 N–H and O–H groups in total. The van der Waals surface area contributed by atoms with Crippen LogP contribution in [0.5, 0.6) is 0 Å². The lowest BCUT2D eigenvalue weighted by Gasteiger charge is -2.19. The Labute approximate surface area is 100 Å². The Morgan fingerprint density at radius 3 is 2.41 bits per heavy atom. The number of hydrogen-bond donors (Lipinski definition) is 2. The van der Waals surface area contributed by atoms with Crippen molar-refractivity contribution in [2.75, 3.05) is 39.5 Å². The number of nitrogens with zero attached hydrogens (tertiary/aromatic N) is 2. The first-order valence-electron chi connectivity index (χ1n) is 5.10. The van der Waals surface area contributed by atoms with E-state index in [1.54, 1.807) is 0 Å². The second-order valence-electron chi connectivity index (χ2n) is 3.51. The Morgan fingerprint density at radius 2 is 1.94 bits per heavy atom. The summed E-state index contributed by atoms with van der Waals surface area (Å²) in [6, 6.07) is 0. The van der Waals surface area contributed by atoms with Crippen LogP contribution in [0.4, 0.5) is 8.78 Å². The maximum absolute atomic E-state index is 12.0. The largest absolute Gasteiger partial charge is 0.396 e. The highest BCUT2D eigenvalue weighted by Gasteiger charge is 2.18. The van der Waals surface area contributed by atoms with Crippen molar-refractivity contribution in [2.45, 2.75) is 13.0 Å². The average Bonchev–Trinajstić information content (AvgIpc) is 2.25. The van der Waals surface area contributed by atoms with Gasteiger partial charge in [0.15, 0.2) is 0 Å². The van der Waals surface area contributed by atoms with Gasteiger partial charge in [0.25, 0.3) is 0 Å². The van der Waals surface area contributed by atoms with Crippen LogP contribution in [-0.2, 0) is 10.0 Å². The van der Waals surface area contributed by atoms with E-state index in [9.17, 15) is 17.2 Å². The van der Waals surface area contributed by atoms with E-state index < -0.39 is 16.6 Å². The van der Waals surface area contributed by atoms with Crippen molar-refractivity contribution in [3.63, 3.8) is 0 Å². The number of sulfonamides is 1. The fraction of sp³-hybridized carbons (Fsp3) is 1.00. The summed E-state index contributed by atoms with van der Waals surface area (Å²) < 4.78 is 48.4. The molecule has 0 amide bonds. The molecular formula is C8H19F2N3O3S. The minimum Gasteiger partial charge on any atom is -0.396 e. The minimum absolute atomic E-state index is 0.0906. The van der Waals surface area contributed by atoms with Crippen molar-refractivity contribution >= 4 is 10.0 Å². The molecule has 6 nitrogen and oxygen atoms in total. The molecule has 0 bridgehead atoms. The number of aliphatic hydroxyl groups is 1. The van der Waals surface area contributed by atoms with Gasteiger partial charge in [-0.3, -0.25) is 0 Å². The van der Waals surface area contributed by atoms with Crippen molar-refractivity contribution in [2.24, 2.45) is 0 Å². The normalized spacial score (nSPS) is 12.9. The zero-order valence-corrected chi connectivity index (χ0v) is 10.8. The molecule has 0 saturated heterocycles. The van der Waals surface area contributed by atoms with Crippen LogP contribution in [-0.4, -0.2) is 68.9 Å². The van der Waals surface area contributed by atoms with E-state index in [4.69, 9.17) is 5.11 Å². The van der Waals surface area contributed by atoms with Crippen molar-refractivity contribution in [3.8, 4) is 0 Å². The third-order valence-corrected chi connectivity index (χ3v) is 3.97. The van der Waals surface area contributed by atoms with Gasteiger partial charge >= 0.3 is 6.55 Å². The van der Waals surface area contributed by atoms with Gasteiger partial charge in [0, 0.05) is 33.8 Å². The zero-order valence-electron chi connectivity index (χ0n) is 9.94. The number of alkyl halides is 2. The summed E-state index contributed by atoms with van der Waals surface area (Å²) in [6.45, 7) is -2.65. The molecule has 0 radical (unpaired) electrons. The van der Waals surface area contributed by atoms with E-state index in [1.165, 1.54) is 7.05 Å². The van der Waals surface area contributed by atoms with E-state index in [0.717, 1.165) is 11.4 Å². The molecule has 9 heteroatoms. The number of hydrazine groups is 1. The highest BCUT2D eigenvalue weighted by atomic mass is 32.2. The number of hydrogen-bond acceptors (Lipinski definition) is 5. The highest BCUT2D eigenvalue weighted by molar-refractivity contribution is 7.89. The Kier molecular flexibility index (Phi) is 7.71. The topological polar surface area (TPSA) is 72.9 Å². The first-order valence-corrected chi connectivity index (χ1v) is 6.71. The van der Waals surface area contributed by atoms with Crippen LogP contribution in [0.1, 0.15) is 6.42 Å². The number of rotatable bonds is 9. The van der Waals surface area contributed by atoms with Gasteiger partial charge in [0.2, 0.25) is 10.0 Å². The molecule has 0 aromatic carbocycles. The van der Waals surface area contributed by atoms with Crippen molar-refractivity contribution in [1.29, 1.82) is 0 Å². The van der Waals surface area contributed by atoms with E-state index in [1.807, 2.05) is 0 Å². The van der Waals surface area contributed by atoms with E-state index in [0.29, 0.717) is 11.4 Å². The first kappa shape index (κ1) is 16.6. The third kappa shape index (κ3) is 6.84. The van der Waals surface area contributed by atoms with Crippen molar-refractivity contribution < 1.29 is 22.3 Å². The van der Waals surface area contributed by atoms with Crippen LogP contribution in [0.15, 0.2) is 0 Å². The quantitative estimate of drug-likeness (QED) is 0.429. The lowest BCUT2D eigenvalue weighted by molar-refractivity contribution is -0.0407. The van der Waals surface area contributed by atoms with Gasteiger partial charge in [0.1, 0.15) is 0 Å². The van der Waals surface area contributed by atoms with Gasteiger partial charge in [-0.15, -0.1) is 0 Å². The lowest BCUT2D eigenvalue weighted by atomic mass is 10.5. The molecule has 0 rings (SSSR count). The fourth-order valence-electron chi connectivity index (χ4n) is 1.01. The predicted molar refractivity (Wildman–Crippen MR) is 59.9 cm³/mol. The van der Waals surface area contributed by atoms with Crippen LogP contribution in [0, 0.1) is 0 Å². The Bertz CT molecular complexity index is 300. The molecular weight excluding hydrogens is 256 g/mol. The average molecular weight is 275 g/mol. The van der Waals surface area contributed by atoms with Gasteiger partial charge in [-0.2, -0.15) is 13.8 Å². The first-order chi connectivity index (χ1) is 7.81. The Morgan fingerprint density at radius 1 is 1.35 bits per heavy atom. The number of aliphatic hydroxyl groups excluding tert-OH is 1. The highest BCUT2D eigenvalue weighted by Crippen LogP contribution is 1.99. The van der Waals surface area contributed by atoms with Crippen LogP contribution in [0.25, 0.3) is 0 Å². The maximum atomic E-state index is 12.0. The standard InChI is InChI=1S/C8H19F2N3O3S/c1-12(5-3-6-14)17(15,16)7-4-11-13(2)8(9)10/h8,11,14H,3-7H2,1-2H3. The summed E-state index contributed by atoms with van der Waals surface area (Å²) in [5, 5.41) is 9.11. The predicted octanol–water partition coefficient (Wildman–Crippen LogP) is -0.711. The molecule has 0 aliphatic rings. The SMILES string of the molecule is CN(NCCS(=O)(=O)N(C)CCCO)C(F)F. The molecule has 0 spiro atoms. The molecule has 0 aromatic rings. The van der Waals surface area contributed by atoms with E-state index >= 15 is 0 Å². The maximum Gasteiger partial charge on any atom is 0.306 e. The minimum atomic E-state index is -3.47. The van der Waals surface area contributed by atoms with E-state index in [-0.39, 0.29) is 25.4 Å². The van der Waals surface area contributed by atoms with Crippen LogP contribution in [0.2, 0.25) is 0 Å². The lowest BCUT2D eigenvalue weighted by Crippen LogP contribution is -2.42. The molecule has 0 heterocycles. The number of nitrogens with one attached hydrogen (secondary N) is 1. The molecule has 0 aliphatic heterocycles. The monoisotopic (exact) mass is 275 g/mol. The Hall–Kier alpha value is -0.350. The van der Waals surface area contributed by atoms with Gasteiger partial charge in [-0.05, 0) is 6.42 Å². The summed E-state index contributed by atoms with van der Waals surface area (Å²) in [5.41, 5.74) is 2.28. The van der Waals surface area contributed by atoms with Crippen molar-refractivity contribution in [3.05, 3.63) is 0 Å². The molecule has 17 heavy (non-hydrogen) atoms. The van der Waals surface area contributed by atoms with Crippen molar-refractivity contribution in [1.82, 2.24) is 14.7 Å². The second kappa shape index (κ2) is 7.88. The molecule has 0 aliphatic carbocycles. The summed E-state index contributed by atoms with van der Waals surface area (Å²) in [4.78, 5) is 0. The fourth-order valence-corrected chi connectivity index (χ4v) is 2.08. The van der Waals surface area contributed by atoms with Crippen LogP contribution < -0.4 is 5.43 Å². The molecule has 0 atom stereocenters. The Balaban J connectivity index is 4.01. The van der Waals surface area contributed by atoms with E-state index in [2.05, 4.69) is 5.43 Å². The molecule has 0 aromatic heterocycles. The summed E-state index contributed by atoms with van der Waals surface area (Å²) in [6.07, 6.45) is 0.347. The number of halogens is 2. The van der Waals surface area contributed by atoms with Crippen LogP contribution in [0.3, 0.4) is 0 Å². The zero-order chi connectivity index (χ0) is 13.5. The molecule has 0 saturated carbocycles. The molecule has 0 fully saturated rings. The second-order valence-corrected chi connectivity index (χ2v) is 5.71. The summed E-state index contributed by atoms with van der Waals surface area (Å²) >= 11 is 0. The summed E-state index contributed by atoms with van der Waals surface area (Å²) in [5.74, 6) is -0.272. The smallest absolute Gasteiger partial charge is 0.306 e. The van der Waals surface area contributed by atoms with Gasteiger partial charge < -0.3 is 5.11 Å².